The van der Waals surface area contributed by atoms with Crippen LogP contribution in [0.15, 0.2) is 4.52 Å². The fourth-order valence-corrected chi connectivity index (χ4v) is 4.08. The van der Waals surface area contributed by atoms with E-state index < -0.39 is 0 Å². The van der Waals surface area contributed by atoms with Crippen molar-refractivity contribution < 1.29 is 4.52 Å². The van der Waals surface area contributed by atoms with E-state index in [0.717, 1.165) is 37.4 Å². The zero-order valence-corrected chi connectivity index (χ0v) is 14.2. The number of nitrogens with zero attached hydrogens (tertiary/aromatic N) is 3. The van der Waals surface area contributed by atoms with Crippen molar-refractivity contribution in [1.29, 1.82) is 0 Å². The molecule has 0 amide bonds. The second kappa shape index (κ2) is 6.11. The highest BCUT2D eigenvalue weighted by Gasteiger charge is 2.31. The van der Waals surface area contributed by atoms with Crippen LogP contribution in [0.2, 0.25) is 0 Å². The molecule has 1 aliphatic heterocycles. The Bertz CT molecular complexity index is 664. The molecule has 0 aromatic carbocycles. The van der Waals surface area contributed by atoms with Gasteiger partial charge in [-0.1, -0.05) is 12.1 Å². The largest absolute Gasteiger partial charge is 0.361 e. The molecule has 23 heavy (non-hydrogen) atoms. The van der Waals surface area contributed by atoms with Gasteiger partial charge in [-0.25, -0.2) is 4.98 Å². The molecule has 3 heterocycles. The first kappa shape index (κ1) is 14.9. The van der Waals surface area contributed by atoms with E-state index in [-0.39, 0.29) is 0 Å². The molecule has 1 fully saturated rings. The number of aromatic amines is 1. The molecule has 1 aliphatic carbocycles. The predicted molar refractivity (Wildman–Crippen MR) is 88.2 cm³/mol. The van der Waals surface area contributed by atoms with Crippen molar-refractivity contribution in [2.24, 2.45) is 0 Å². The van der Waals surface area contributed by atoms with E-state index in [9.17, 15) is 0 Å². The van der Waals surface area contributed by atoms with E-state index in [1.807, 2.05) is 6.92 Å². The molecule has 2 aromatic heterocycles. The van der Waals surface area contributed by atoms with Crippen molar-refractivity contribution in [3.05, 3.63) is 34.2 Å². The Labute approximate surface area is 137 Å². The van der Waals surface area contributed by atoms with E-state index in [4.69, 9.17) is 9.51 Å². The van der Waals surface area contributed by atoms with Crippen LogP contribution in [0.5, 0.6) is 0 Å². The van der Waals surface area contributed by atoms with Crippen LogP contribution in [0.4, 0.5) is 0 Å². The van der Waals surface area contributed by atoms with Crippen molar-refractivity contribution in [2.75, 3.05) is 6.54 Å². The van der Waals surface area contributed by atoms with Crippen LogP contribution in [0.25, 0.3) is 0 Å². The summed E-state index contributed by atoms with van der Waals surface area (Å²) in [5.41, 5.74) is 5.07. The molecule has 1 N–H and O–H groups in total. The van der Waals surface area contributed by atoms with Crippen LogP contribution >= 0.6 is 0 Å². The van der Waals surface area contributed by atoms with Gasteiger partial charge < -0.3 is 9.51 Å². The van der Waals surface area contributed by atoms with Gasteiger partial charge >= 0.3 is 0 Å². The standard InChI is InChI=1S/C18H26N4O/c1-3-14-13(12(2)23-21-14)11-22-10-6-9-17(22)18-19-15-7-4-5-8-16(15)20-18/h17H,3-11H2,1-2H3,(H,19,20)/t17-/m1/s1. The summed E-state index contributed by atoms with van der Waals surface area (Å²) in [5, 5.41) is 4.20. The summed E-state index contributed by atoms with van der Waals surface area (Å²) >= 11 is 0. The number of H-pyrrole nitrogens is 1. The van der Waals surface area contributed by atoms with Crippen molar-refractivity contribution in [3.63, 3.8) is 0 Å². The third kappa shape index (κ3) is 2.71. The van der Waals surface area contributed by atoms with Crippen LogP contribution < -0.4 is 0 Å². The first-order valence-electron chi connectivity index (χ1n) is 9.02. The minimum absolute atomic E-state index is 0.416. The third-order valence-corrected chi connectivity index (χ3v) is 5.41. The highest BCUT2D eigenvalue weighted by molar-refractivity contribution is 5.23. The van der Waals surface area contributed by atoms with Crippen molar-refractivity contribution in [1.82, 2.24) is 20.0 Å². The second-order valence-corrected chi connectivity index (χ2v) is 6.90. The molecule has 5 heteroatoms. The lowest BCUT2D eigenvalue weighted by Gasteiger charge is -2.22. The van der Waals surface area contributed by atoms with Crippen LogP contribution in [-0.4, -0.2) is 26.6 Å². The molecule has 2 aliphatic rings. The molecule has 0 saturated carbocycles. The Balaban J connectivity index is 1.57. The normalized spacial score (nSPS) is 21.7. The van der Waals surface area contributed by atoms with E-state index >= 15 is 0 Å². The smallest absolute Gasteiger partial charge is 0.138 e. The van der Waals surface area contributed by atoms with Gasteiger partial charge in [0.1, 0.15) is 11.6 Å². The molecule has 0 spiro atoms. The summed E-state index contributed by atoms with van der Waals surface area (Å²) in [5.74, 6) is 2.15. The van der Waals surface area contributed by atoms with E-state index in [0.29, 0.717) is 6.04 Å². The number of likely N-dealkylation sites (tertiary alicyclic amines) is 1. The van der Waals surface area contributed by atoms with E-state index in [1.54, 1.807) is 0 Å². The van der Waals surface area contributed by atoms with Gasteiger partial charge in [-0.2, -0.15) is 0 Å². The Morgan fingerprint density at radius 2 is 2.13 bits per heavy atom. The summed E-state index contributed by atoms with van der Waals surface area (Å²) in [7, 11) is 0. The number of hydrogen-bond acceptors (Lipinski definition) is 4. The van der Waals surface area contributed by atoms with Gasteiger partial charge in [-0.15, -0.1) is 0 Å². The SMILES string of the molecule is CCc1noc(C)c1CN1CCC[C@@H]1c1nc2c([nH]1)CCCC2. The Morgan fingerprint density at radius 3 is 2.96 bits per heavy atom. The van der Waals surface area contributed by atoms with Crippen LogP contribution in [0.3, 0.4) is 0 Å². The topological polar surface area (TPSA) is 58.0 Å². The molecule has 4 rings (SSSR count). The maximum Gasteiger partial charge on any atom is 0.138 e. The lowest BCUT2D eigenvalue weighted by atomic mass is 10.0. The summed E-state index contributed by atoms with van der Waals surface area (Å²) in [6, 6.07) is 0.416. The lowest BCUT2D eigenvalue weighted by Crippen LogP contribution is -2.24. The Kier molecular flexibility index (Phi) is 3.97. The van der Waals surface area contributed by atoms with Gasteiger partial charge in [-0.05, 0) is 58.4 Å². The van der Waals surface area contributed by atoms with E-state index in [2.05, 4.69) is 22.0 Å². The van der Waals surface area contributed by atoms with Gasteiger partial charge in [0.25, 0.3) is 0 Å². The third-order valence-electron chi connectivity index (χ3n) is 5.41. The highest BCUT2D eigenvalue weighted by atomic mass is 16.5. The van der Waals surface area contributed by atoms with Gasteiger partial charge in [0, 0.05) is 17.8 Å². The average Bonchev–Trinajstić information content (AvgIpc) is 3.26. The molecule has 0 bridgehead atoms. The first-order valence-corrected chi connectivity index (χ1v) is 9.02. The molecule has 1 atom stereocenters. The van der Waals surface area contributed by atoms with Crippen LogP contribution in [-0.2, 0) is 25.8 Å². The molecule has 1 saturated heterocycles. The van der Waals surface area contributed by atoms with Crippen LogP contribution in [0, 0.1) is 6.92 Å². The number of imidazole rings is 1. The molecule has 5 nitrogen and oxygen atoms in total. The van der Waals surface area contributed by atoms with Crippen molar-refractivity contribution in [2.45, 2.75) is 71.4 Å². The van der Waals surface area contributed by atoms with Crippen LogP contribution in [0.1, 0.15) is 72.9 Å². The summed E-state index contributed by atoms with van der Waals surface area (Å²) < 4.78 is 5.40. The van der Waals surface area contributed by atoms with Gasteiger partial charge in [0.05, 0.1) is 17.4 Å². The Morgan fingerprint density at radius 1 is 1.26 bits per heavy atom. The van der Waals surface area contributed by atoms with Gasteiger partial charge in [0.15, 0.2) is 0 Å². The number of nitrogens with one attached hydrogen (secondary N) is 1. The van der Waals surface area contributed by atoms with Gasteiger partial charge in [-0.3, -0.25) is 4.90 Å². The number of fused-ring (bicyclic) bond motifs is 1. The molecule has 2 aromatic rings. The molecule has 124 valence electrons. The fraction of sp³-hybridized carbons (Fsp3) is 0.667. The van der Waals surface area contributed by atoms with Gasteiger partial charge in [0.2, 0.25) is 0 Å². The Hall–Kier alpha value is -1.62. The lowest BCUT2D eigenvalue weighted by molar-refractivity contribution is 0.238. The minimum atomic E-state index is 0.416. The monoisotopic (exact) mass is 314 g/mol. The zero-order valence-electron chi connectivity index (χ0n) is 14.2. The summed E-state index contributed by atoms with van der Waals surface area (Å²) in [6.07, 6.45) is 8.25. The molecule has 0 unspecified atom stereocenters. The molecular weight excluding hydrogens is 288 g/mol. The summed E-state index contributed by atoms with van der Waals surface area (Å²) in [4.78, 5) is 11.1. The number of hydrogen-bond donors (Lipinski definition) is 1. The van der Waals surface area contributed by atoms with E-state index in [1.165, 1.54) is 54.9 Å². The zero-order chi connectivity index (χ0) is 15.8. The fourth-order valence-electron chi connectivity index (χ4n) is 4.08. The molecule has 0 radical (unpaired) electrons. The average molecular weight is 314 g/mol. The maximum atomic E-state index is 5.40. The first-order chi connectivity index (χ1) is 11.3. The number of aryl methyl sites for hydroxylation is 4. The molecular formula is C18H26N4O. The maximum absolute atomic E-state index is 5.40. The van der Waals surface area contributed by atoms with Crippen molar-refractivity contribution in [3.8, 4) is 0 Å². The quantitative estimate of drug-likeness (QED) is 0.938. The summed E-state index contributed by atoms with van der Waals surface area (Å²) in [6.45, 7) is 6.22. The number of rotatable bonds is 4. The number of aromatic nitrogens is 3. The minimum Gasteiger partial charge on any atom is -0.361 e. The highest BCUT2D eigenvalue weighted by Crippen LogP contribution is 2.34. The predicted octanol–water partition coefficient (Wildman–Crippen LogP) is 3.48. The second-order valence-electron chi connectivity index (χ2n) is 6.90. The van der Waals surface area contributed by atoms with Crippen molar-refractivity contribution >= 4 is 0 Å².